The molecular formula is C21H22BrNO5. The van der Waals surface area contributed by atoms with Gasteiger partial charge in [0, 0.05) is 22.1 Å². The van der Waals surface area contributed by atoms with E-state index in [9.17, 15) is 14.4 Å². The molecule has 148 valence electrons. The summed E-state index contributed by atoms with van der Waals surface area (Å²) in [6, 6.07) is 13.5. The average Bonchev–Trinajstić information content (AvgIpc) is 2.64. The summed E-state index contributed by atoms with van der Waals surface area (Å²) in [7, 11) is 0. The van der Waals surface area contributed by atoms with Crippen molar-refractivity contribution in [2.45, 2.75) is 20.3 Å². The number of esters is 1. The van der Waals surface area contributed by atoms with Crippen molar-refractivity contribution in [2.24, 2.45) is 5.92 Å². The molecule has 0 spiro atoms. The Bertz CT molecular complexity index is 833. The molecule has 7 heteroatoms. The fourth-order valence-electron chi connectivity index (χ4n) is 2.29. The standard InChI is InChI=1S/C21H22BrNO5/c1-14(2)10-20(25)23-17-8-6-15(7-9-17)19(24)12-28-21(26)13-27-18-5-3-4-16(22)11-18/h3-9,11,14H,10,12-13H2,1-2H3,(H,23,25). The molecule has 0 saturated heterocycles. The first-order valence-corrected chi connectivity index (χ1v) is 9.60. The summed E-state index contributed by atoms with van der Waals surface area (Å²) in [5.74, 6) is -0.258. The SMILES string of the molecule is CC(C)CC(=O)Nc1ccc(C(=O)COC(=O)COc2cccc(Br)c2)cc1. The van der Waals surface area contributed by atoms with Crippen molar-refractivity contribution in [3.05, 3.63) is 58.6 Å². The van der Waals surface area contributed by atoms with Gasteiger partial charge in [0.15, 0.2) is 19.0 Å². The Balaban J connectivity index is 1.77. The van der Waals surface area contributed by atoms with Gasteiger partial charge in [-0.05, 0) is 48.4 Å². The van der Waals surface area contributed by atoms with Gasteiger partial charge >= 0.3 is 5.97 Å². The van der Waals surface area contributed by atoms with Crippen LogP contribution in [-0.4, -0.2) is 30.9 Å². The molecular weight excluding hydrogens is 426 g/mol. The fourth-order valence-corrected chi connectivity index (χ4v) is 2.67. The fraction of sp³-hybridized carbons (Fsp3) is 0.286. The Hall–Kier alpha value is -2.67. The molecule has 2 aromatic rings. The summed E-state index contributed by atoms with van der Waals surface area (Å²) < 4.78 is 11.1. The second-order valence-electron chi connectivity index (χ2n) is 6.55. The van der Waals surface area contributed by atoms with Crippen molar-refractivity contribution in [1.29, 1.82) is 0 Å². The second kappa shape index (κ2) is 10.6. The molecule has 2 rings (SSSR count). The Morgan fingerprint density at radius 2 is 1.75 bits per heavy atom. The quantitative estimate of drug-likeness (QED) is 0.459. The minimum Gasteiger partial charge on any atom is -0.482 e. The lowest BCUT2D eigenvalue weighted by atomic mass is 10.1. The summed E-state index contributed by atoms with van der Waals surface area (Å²) in [6.45, 7) is 3.27. The van der Waals surface area contributed by atoms with E-state index in [1.54, 1.807) is 42.5 Å². The van der Waals surface area contributed by atoms with Crippen LogP contribution < -0.4 is 10.1 Å². The van der Waals surface area contributed by atoms with Crippen LogP contribution in [0.25, 0.3) is 0 Å². The number of amides is 1. The zero-order valence-corrected chi connectivity index (χ0v) is 17.3. The van der Waals surface area contributed by atoms with E-state index in [1.165, 1.54) is 0 Å². The van der Waals surface area contributed by atoms with Crippen LogP contribution in [0.3, 0.4) is 0 Å². The third kappa shape index (κ3) is 7.52. The van der Waals surface area contributed by atoms with Crippen molar-refractivity contribution in [3.63, 3.8) is 0 Å². The minimum atomic E-state index is -0.633. The maximum atomic E-state index is 12.1. The summed E-state index contributed by atoms with van der Waals surface area (Å²) in [4.78, 5) is 35.6. The highest BCUT2D eigenvalue weighted by Gasteiger charge is 2.12. The van der Waals surface area contributed by atoms with Gasteiger partial charge in [0.05, 0.1) is 0 Å². The highest BCUT2D eigenvalue weighted by molar-refractivity contribution is 9.10. The average molecular weight is 448 g/mol. The molecule has 0 aliphatic carbocycles. The van der Waals surface area contributed by atoms with Crippen LogP contribution in [0.2, 0.25) is 0 Å². The summed E-state index contributed by atoms with van der Waals surface area (Å²) in [5.41, 5.74) is 1.00. The Kier molecular flexibility index (Phi) is 8.19. The molecule has 0 unspecified atom stereocenters. The lowest BCUT2D eigenvalue weighted by Gasteiger charge is -2.09. The maximum absolute atomic E-state index is 12.1. The number of Topliss-reactive ketones (excluding diaryl/α,β-unsaturated/α-hetero) is 1. The van der Waals surface area contributed by atoms with E-state index in [-0.39, 0.29) is 30.8 Å². The zero-order chi connectivity index (χ0) is 20.5. The van der Waals surface area contributed by atoms with Gasteiger partial charge < -0.3 is 14.8 Å². The largest absolute Gasteiger partial charge is 0.482 e. The molecule has 0 heterocycles. The summed E-state index contributed by atoms with van der Waals surface area (Å²) in [6.07, 6.45) is 0.429. The molecule has 2 aromatic carbocycles. The first kappa shape index (κ1) is 21.6. The van der Waals surface area contributed by atoms with Crippen LogP contribution in [0.4, 0.5) is 5.69 Å². The zero-order valence-electron chi connectivity index (χ0n) is 15.7. The number of benzene rings is 2. The number of carbonyl (C=O) groups excluding carboxylic acids is 3. The van der Waals surface area contributed by atoms with Crippen molar-refractivity contribution in [1.82, 2.24) is 0 Å². The number of hydrogen-bond donors (Lipinski definition) is 1. The van der Waals surface area contributed by atoms with E-state index in [4.69, 9.17) is 9.47 Å². The molecule has 0 aliphatic heterocycles. The van der Waals surface area contributed by atoms with Crippen molar-refractivity contribution < 1.29 is 23.9 Å². The molecule has 0 radical (unpaired) electrons. The van der Waals surface area contributed by atoms with Gasteiger partial charge in [0.25, 0.3) is 0 Å². The van der Waals surface area contributed by atoms with E-state index in [2.05, 4.69) is 21.2 Å². The lowest BCUT2D eigenvalue weighted by molar-refractivity contribution is -0.144. The van der Waals surface area contributed by atoms with E-state index in [0.717, 1.165) is 4.47 Å². The van der Waals surface area contributed by atoms with Gasteiger partial charge in [-0.1, -0.05) is 35.8 Å². The number of carbonyl (C=O) groups is 3. The Morgan fingerprint density at radius 1 is 1.04 bits per heavy atom. The minimum absolute atomic E-state index is 0.0755. The van der Waals surface area contributed by atoms with Gasteiger partial charge in [0.2, 0.25) is 5.91 Å². The van der Waals surface area contributed by atoms with Crippen LogP contribution in [0.1, 0.15) is 30.6 Å². The van der Waals surface area contributed by atoms with Crippen LogP contribution in [0.5, 0.6) is 5.75 Å². The van der Waals surface area contributed by atoms with Crippen LogP contribution in [0.15, 0.2) is 53.0 Å². The first-order valence-electron chi connectivity index (χ1n) is 8.80. The number of nitrogens with one attached hydrogen (secondary N) is 1. The van der Waals surface area contributed by atoms with E-state index >= 15 is 0 Å². The maximum Gasteiger partial charge on any atom is 0.344 e. The molecule has 1 N–H and O–H groups in total. The number of halogens is 1. The lowest BCUT2D eigenvalue weighted by Crippen LogP contribution is -2.19. The summed E-state index contributed by atoms with van der Waals surface area (Å²) >= 11 is 3.31. The van der Waals surface area contributed by atoms with Gasteiger partial charge in [-0.3, -0.25) is 9.59 Å². The molecule has 0 aromatic heterocycles. The number of anilines is 1. The molecule has 1 amide bonds. The molecule has 0 fully saturated rings. The predicted molar refractivity (Wildman–Crippen MR) is 109 cm³/mol. The topological polar surface area (TPSA) is 81.7 Å². The first-order chi connectivity index (χ1) is 13.3. The smallest absolute Gasteiger partial charge is 0.344 e. The van der Waals surface area contributed by atoms with Gasteiger partial charge in [-0.25, -0.2) is 4.79 Å². The third-order valence-electron chi connectivity index (χ3n) is 3.60. The predicted octanol–water partition coefficient (Wildman–Crippen LogP) is 4.24. The van der Waals surface area contributed by atoms with Crippen molar-refractivity contribution >= 4 is 39.3 Å². The second-order valence-corrected chi connectivity index (χ2v) is 7.47. The number of ketones is 1. The highest BCUT2D eigenvalue weighted by atomic mass is 79.9. The van der Waals surface area contributed by atoms with E-state index in [0.29, 0.717) is 23.4 Å². The highest BCUT2D eigenvalue weighted by Crippen LogP contribution is 2.17. The third-order valence-corrected chi connectivity index (χ3v) is 4.09. The normalized spacial score (nSPS) is 10.4. The van der Waals surface area contributed by atoms with Crippen LogP contribution >= 0.6 is 15.9 Å². The van der Waals surface area contributed by atoms with Gasteiger partial charge in [-0.2, -0.15) is 0 Å². The van der Waals surface area contributed by atoms with Crippen LogP contribution in [-0.2, 0) is 14.3 Å². The van der Waals surface area contributed by atoms with Crippen molar-refractivity contribution in [3.8, 4) is 5.75 Å². The van der Waals surface area contributed by atoms with E-state index < -0.39 is 5.97 Å². The molecule has 0 atom stereocenters. The molecule has 0 aliphatic rings. The molecule has 0 bridgehead atoms. The molecule has 0 saturated carbocycles. The monoisotopic (exact) mass is 447 g/mol. The molecule has 28 heavy (non-hydrogen) atoms. The number of rotatable bonds is 9. The van der Waals surface area contributed by atoms with Crippen LogP contribution in [0, 0.1) is 5.92 Å². The van der Waals surface area contributed by atoms with Gasteiger partial charge in [-0.15, -0.1) is 0 Å². The molecule has 6 nitrogen and oxygen atoms in total. The number of hydrogen-bond acceptors (Lipinski definition) is 5. The Labute approximate surface area is 172 Å². The summed E-state index contributed by atoms with van der Waals surface area (Å²) in [5, 5.41) is 2.77. The Morgan fingerprint density at radius 3 is 2.39 bits per heavy atom. The van der Waals surface area contributed by atoms with E-state index in [1.807, 2.05) is 19.9 Å². The number of ether oxygens (including phenoxy) is 2. The van der Waals surface area contributed by atoms with Crippen molar-refractivity contribution in [2.75, 3.05) is 18.5 Å². The van der Waals surface area contributed by atoms with Gasteiger partial charge in [0.1, 0.15) is 5.75 Å².